The topological polar surface area (TPSA) is 99.6 Å². The van der Waals surface area contributed by atoms with E-state index in [1.54, 1.807) is 41.1 Å². The predicted molar refractivity (Wildman–Crippen MR) is 120 cm³/mol. The van der Waals surface area contributed by atoms with E-state index in [1.165, 1.54) is 34.2 Å². The molecule has 1 saturated carbocycles. The van der Waals surface area contributed by atoms with Gasteiger partial charge in [0.2, 0.25) is 0 Å². The van der Waals surface area contributed by atoms with Gasteiger partial charge >= 0.3 is 5.69 Å². The molecule has 1 aliphatic rings. The summed E-state index contributed by atoms with van der Waals surface area (Å²) in [5.41, 5.74) is 1.10. The van der Waals surface area contributed by atoms with Gasteiger partial charge < -0.3 is 0 Å². The van der Waals surface area contributed by atoms with Gasteiger partial charge in [-0.05, 0) is 37.8 Å². The van der Waals surface area contributed by atoms with Gasteiger partial charge in [-0.1, -0.05) is 0 Å². The number of thiophene rings is 1. The second-order valence-corrected chi connectivity index (χ2v) is 10.2. The van der Waals surface area contributed by atoms with E-state index in [2.05, 4.69) is 26.7 Å². The van der Waals surface area contributed by atoms with E-state index < -0.39 is 0 Å². The van der Waals surface area contributed by atoms with E-state index >= 15 is 0 Å². The van der Waals surface area contributed by atoms with E-state index in [1.807, 2.05) is 6.07 Å². The molecule has 4 aromatic rings. The number of hydrogen-bond acceptors (Lipinski definition) is 8. The van der Waals surface area contributed by atoms with Gasteiger partial charge in [0.05, 0.1) is 28.9 Å². The number of rotatable bonds is 7. The summed E-state index contributed by atoms with van der Waals surface area (Å²) in [5, 5.41) is 4.69. The number of nitrogens with one attached hydrogen (secondary N) is 1. The van der Waals surface area contributed by atoms with Gasteiger partial charge in [0.15, 0.2) is 0 Å². The molecule has 1 aliphatic carbocycles. The Morgan fingerprint density at radius 3 is 2.55 bits per heavy atom. The lowest BCUT2D eigenvalue weighted by atomic mass is 10.3. The van der Waals surface area contributed by atoms with Crippen LogP contribution in [0.15, 0.2) is 51.0 Å². The highest BCUT2D eigenvalue weighted by atomic mass is 32.2. The van der Waals surface area contributed by atoms with E-state index in [0.717, 1.165) is 28.2 Å². The summed E-state index contributed by atoms with van der Waals surface area (Å²) in [6.45, 7) is 2.64. The van der Waals surface area contributed by atoms with Crippen LogP contribution in [0, 0.1) is 0 Å². The van der Waals surface area contributed by atoms with Crippen LogP contribution in [0.2, 0.25) is 0 Å². The summed E-state index contributed by atoms with van der Waals surface area (Å²) in [4.78, 5) is 35.4. The Labute approximate surface area is 185 Å². The van der Waals surface area contributed by atoms with Crippen LogP contribution in [0.1, 0.15) is 30.9 Å². The Morgan fingerprint density at radius 2 is 1.87 bits per heavy atom. The van der Waals surface area contributed by atoms with Crippen molar-refractivity contribution in [2.45, 2.75) is 42.6 Å². The van der Waals surface area contributed by atoms with Gasteiger partial charge in [0.25, 0.3) is 5.56 Å². The highest BCUT2D eigenvalue weighted by molar-refractivity contribution is 7.99. The first kappa shape index (κ1) is 20.2. The fraction of sp³-hybridized carbons (Fsp3) is 0.350. The van der Waals surface area contributed by atoms with Gasteiger partial charge in [0, 0.05) is 42.3 Å². The van der Waals surface area contributed by atoms with Crippen LogP contribution in [-0.4, -0.2) is 34.4 Å². The van der Waals surface area contributed by atoms with Gasteiger partial charge in [-0.3, -0.25) is 23.3 Å². The van der Waals surface area contributed by atoms with Crippen LogP contribution in [0.4, 0.5) is 0 Å². The fourth-order valence-corrected chi connectivity index (χ4v) is 5.43. The first-order valence-corrected chi connectivity index (χ1v) is 11.5. The van der Waals surface area contributed by atoms with Crippen molar-refractivity contribution in [2.75, 3.05) is 0 Å². The molecule has 0 saturated heterocycles. The lowest BCUT2D eigenvalue weighted by Crippen LogP contribution is -2.40. The molecule has 0 amide bonds. The van der Waals surface area contributed by atoms with E-state index in [4.69, 9.17) is 0 Å². The molecule has 0 unspecified atom stereocenters. The number of nitrogens with zero attached hydrogens (tertiary/aromatic N) is 6. The summed E-state index contributed by atoms with van der Waals surface area (Å²) in [6.07, 6.45) is 10.6. The molecule has 0 spiro atoms. The minimum Gasteiger partial charge on any atom is -0.280 e. The number of aromatic nitrogens is 6. The van der Waals surface area contributed by atoms with Crippen LogP contribution in [-0.2, 0) is 20.1 Å². The summed E-state index contributed by atoms with van der Waals surface area (Å²) in [7, 11) is 1.80. The van der Waals surface area contributed by atoms with Crippen LogP contribution in [0.5, 0.6) is 0 Å². The first-order chi connectivity index (χ1) is 14.9. The Morgan fingerprint density at radius 1 is 1.13 bits per heavy atom. The zero-order valence-corrected chi connectivity index (χ0v) is 18.7. The van der Waals surface area contributed by atoms with Crippen molar-refractivity contribution in [3.63, 3.8) is 0 Å². The smallest absolute Gasteiger partial charge is 0.280 e. The molecule has 160 valence electrons. The average molecular weight is 456 g/mol. The maximum absolute atomic E-state index is 13.4. The molecule has 4 aromatic heterocycles. The quantitative estimate of drug-likeness (QED) is 0.426. The molecule has 0 aromatic carbocycles. The van der Waals surface area contributed by atoms with Crippen LogP contribution in [0.25, 0.3) is 10.2 Å². The normalized spacial score (nSPS) is 14.9. The highest BCUT2D eigenvalue weighted by Crippen LogP contribution is 2.39. The van der Waals surface area contributed by atoms with E-state index in [-0.39, 0.29) is 23.3 Å². The molecular formula is C20H21N7O2S2. The molecule has 1 N–H and O–H groups in total. The Kier molecular flexibility index (Phi) is 5.03. The standard InChI is InChI=1S/C20H21N7O2S2/c1-20(3-4-20)24-31-16-5-15-17(28)26(11-14-8-23-25(2)9-14)19(29)27(18(15)30-16)10-13-6-21-12-22-7-13/h5-9,12,24H,3-4,10-11H2,1-2H3. The molecule has 4 heterocycles. The molecule has 31 heavy (non-hydrogen) atoms. The Bertz CT molecular complexity index is 1370. The summed E-state index contributed by atoms with van der Waals surface area (Å²) in [5.74, 6) is 0. The van der Waals surface area contributed by atoms with Crippen molar-refractivity contribution < 1.29 is 0 Å². The van der Waals surface area contributed by atoms with Crippen molar-refractivity contribution >= 4 is 33.5 Å². The molecule has 11 heteroatoms. The number of aryl methyl sites for hydroxylation is 1. The molecule has 0 aliphatic heterocycles. The van der Waals surface area contributed by atoms with E-state index in [0.29, 0.717) is 16.8 Å². The minimum atomic E-state index is -0.356. The Hall–Kier alpha value is -2.76. The third-order valence-electron chi connectivity index (χ3n) is 5.32. The molecule has 9 nitrogen and oxygen atoms in total. The van der Waals surface area contributed by atoms with Crippen molar-refractivity contribution in [2.24, 2.45) is 7.05 Å². The van der Waals surface area contributed by atoms with Gasteiger partial charge in [-0.2, -0.15) is 5.10 Å². The summed E-state index contributed by atoms with van der Waals surface area (Å²) >= 11 is 2.98. The minimum absolute atomic E-state index is 0.155. The third-order valence-corrected chi connectivity index (χ3v) is 7.69. The van der Waals surface area contributed by atoms with Crippen molar-refractivity contribution in [1.29, 1.82) is 0 Å². The van der Waals surface area contributed by atoms with Crippen molar-refractivity contribution in [3.8, 4) is 0 Å². The Balaban J connectivity index is 1.61. The molecule has 0 atom stereocenters. The second kappa shape index (κ2) is 7.74. The van der Waals surface area contributed by atoms with E-state index in [9.17, 15) is 9.59 Å². The molecule has 0 bridgehead atoms. The van der Waals surface area contributed by atoms with Crippen molar-refractivity contribution in [3.05, 3.63) is 69.1 Å². The number of hydrogen-bond donors (Lipinski definition) is 1. The maximum Gasteiger partial charge on any atom is 0.332 e. The lowest BCUT2D eigenvalue weighted by molar-refractivity contribution is 0.636. The largest absolute Gasteiger partial charge is 0.332 e. The highest BCUT2D eigenvalue weighted by Gasteiger charge is 2.37. The average Bonchev–Trinajstić information content (AvgIpc) is 3.15. The molecule has 0 radical (unpaired) electrons. The summed E-state index contributed by atoms with van der Waals surface area (Å²) < 4.78 is 9.00. The third kappa shape index (κ3) is 4.08. The van der Waals surface area contributed by atoms with Crippen LogP contribution in [0.3, 0.4) is 0 Å². The van der Waals surface area contributed by atoms with Crippen molar-refractivity contribution in [1.82, 2.24) is 33.6 Å². The zero-order chi connectivity index (χ0) is 21.6. The van der Waals surface area contributed by atoms with Crippen LogP contribution < -0.4 is 16.0 Å². The molecular weight excluding hydrogens is 434 g/mol. The van der Waals surface area contributed by atoms with Gasteiger partial charge in [-0.15, -0.1) is 11.3 Å². The maximum atomic E-state index is 13.4. The predicted octanol–water partition coefficient (Wildman–Crippen LogP) is 1.99. The summed E-state index contributed by atoms with van der Waals surface area (Å²) in [6, 6.07) is 1.88. The van der Waals surface area contributed by atoms with Gasteiger partial charge in [0.1, 0.15) is 11.2 Å². The molecule has 5 rings (SSSR count). The SMILES string of the molecule is Cn1cc(Cn2c(=O)c3cc(SNC4(C)CC4)sc3n(Cc3cncnc3)c2=O)cn1. The van der Waals surface area contributed by atoms with Gasteiger partial charge in [-0.25, -0.2) is 14.8 Å². The fourth-order valence-electron chi connectivity index (χ4n) is 3.30. The monoisotopic (exact) mass is 455 g/mol. The molecule has 1 fully saturated rings. The lowest BCUT2D eigenvalue weighted by Gasteiger charge is -2.11. The second-order valence-electron chi connectivity index (χ2n) is 8.08. The zero-order valence-electron chi connectivity index (χ0n) is 17.1. The first-order valence-electron chi connectivity index (χ1n) is 9.84. The van der Waals surface area contributed by atoms with Crippen LogP contribution >= 0.6 is 23.3 Å². The number of fused-ring (bicyclic) bond motifs is 1.